The van der Waals surface area contributed by atoms with E-state index in [1.165, 1.54) is 0 Å². The Balaban J connectivity index is 1.81. The molecule has 0 radical (unpaired) electrons. The van der Waals surface area contributed by atoms with Gasteiger partial charge < -0.3 is 15.0 Å². The number of carbonyl (C=O) groups excluding carboxylic acids is 1. The number of amides is 1. The maximum absolute atomic E-state index is 12.2. The van der Waals surface area contributed by atoms with Crippen molar-refractivity contribution in [2.75, 3.05) is 19.6 Å². The molecule has 1 N–H and O–H groups in total. The van der Waals surface area contributed by atoms with E-state index in [2.05, 4.69) is 30.1 Å². The Morgan fingerprint density at radius 2 is 2.17 bits per heavy atom. The molecule has 0 spiro atoms. The van der Waals surface area contributed by atoms with E-state index in [4.69, 9.17) is 10.00 Å². The third kappa shape index (κ3) is 4.70. The minimum absolute atomic E-state index is 0.138. The summed E-state index contributed by atoms with van der Waals surface area (Å²) in [6.07, 6.45) is 0.498. The highest BCUT2D eigenvalue weighted by Crippen LogP contribution is 2.19. The fourth-order valence-corrected chi connectivity index (χ4v) is 2.79. The molecule has 5 heteroatoms. The van der Waals surface area contributed by atoms with E-state index in [1.54, 1.807) is 31.2 Å². The number of rotatable bonds is 6. The highest BCUT2D eigenvalue weighted by atomic mass is 16.5. The van der Waals surface area contributed by atoms with Crippen molar-refractivity contribution in [1.82, 2.24) is 10.2 Å². The van der Waals surface area contributed by atoms with Crippen LogP contribution in [0.5, 0.6) is 5.75 Å². The van der Waals surface area contributed by atoms with E-state index >= 15 is 0 Å². The van der Waals surface area contributed by atoms with Crippen molar-refractivity contribution in [3.63, 3.8) is 0 Å². The molecule has 0 saturated carbocycles. The van der Waals surface area contributed by atoms with Crippen LogP contribution in [-0.2, 0) is 4.79 Å². The van der Waals surface area contributed by atoms with E-state index in [1.807, 2.05) is 0 Å². The van der Waals surface area contributed by atoms with Gasteiger partial charge in [0.1, 0.15) is 11.8 Å². The molecule has 1 saturated heterocycles. The first-order valence-corrected chi connectivity index (χ1v) is 8.18. The SMILES string of the molecule is CC(Oc1ccccc1C#N)C(=O)NCC1CCN(C(C)C)C1. The van der Waals surface area contributed by atoms with Crippen molar-refractivity contribution in [3.8, 4) is 11.8 Å². The van der Waals surface area contributed by atoms with Gasteiger partial charge in [-0.2, -0.15) is 5.26 Å². The highest BCUT2D eigenvalue weighted by Gasteiger charge is 2.25. The molecule has 1 amide bonds. The molecular weight excluding hydrogens is 290 g/mol. The molecule has 2 unspecified atom stereocenters. The Hall–Kier alpha value is -2.06. The molecule has 0 aromatic heterocycles. The van der Waals surface area contributed by atoms with Gasteiger partial charge in [0.15, 0.2) is 6.10 Å². The summed E-state index contributed by atoms with van der Waals surface area (Å²) < 4.78 is 5.63. The first kappa shape index (κ1) is 17.3. The van der Waals surface area contributed by atoms with Gasteiger partial charge in [0.25, 0.3) is 5.91 Å². The van der Waals surface area contributed by atoms with E-state index in [0.717, 1.165) is 19.5 Å². The summed E-state index contributed by atoms with van der Waals surface area (Å²) in [7, 11) is 0. The molecule has 1 aliphatic heterocycles. The molecule has 0 aliphatic carbocycles. The smallest absolute Gasteiger partial charge is 0.260 e. The summed E-state index contributed by atoms with van der Waals surface area (Å²) in [4.78, 5) is 14.6. The molecule has 2 atom stereocenters. The fraction of sp³-hybridized carbons (Fsp3) is 0.556. The number of carbonyl (C=O) groups is 1. The highest BCUT2D eigenvalue weighted by molar-refractivity contribution is 5.80. The van der Waals surface area contributed by atoms with Crippen LogP contribution in [0.15, 0.2) is 24.3 Å². The quantitative estimate of drug-likeness (QED) is 0.874. The number of ether oxygens (including phenoxy) is 1. The zero-order chi connectivity index (χ0) is 16.8. The normalized spacial score (nSPS) is 19.3. The average molecular weight is 315 g/mol. The number of benzene rings is 1. The van der Waals surface area contributed by atoms with E-state index < -0.39 is 6.10 Å². The second-order valence-electron chi connectivity index (χ2n) is 6.36. The first-order valence-electron chi connectivity index (χ1n) is 8.18. The Labute approximate surface area is 138 Å². The van der Waals surface area contributed by atoms with E-state index in [-0.39, 0.29) is 5.91 Å². The number of nitriles is 1. The van der Waals surface area contributed by atoms with Crippen LogP contribution in [0.25, 0.3) is 0 Å². The molecule has 1 aliphatic rings. The van der Waals surface area contributed by atoms with Crippen molar-refractivity contribution in [3.05, 3.63) is 29.8 Å². The lowest BCUT2D eigenvalue weighted by Crippen LogP contribution is -2.39. The Morgan fingerprint density at radius 3 is 2.83 bits per heavy atom. The zero-order valence-electron chi connectivity index (χ0n) is 14.1. The van der Waals surface area contributed by atoms with Crippen LogP contribution < -0.4 is 10.1 Å². The Kier molecular flexibility index (Phi) is 6.00. The maximum atomic E-state index is 12.2. The average Bonchev–Trinajstić information content (AvgIpc) is 3.02. The molecule has 1 aromatic rings. The summed E-state index contributed by atoms with van der Waals surface area (Å²) >= 11 is 0. The topological polar surface area (TPSA) is 65.4 Å². The Bertz CT molecular complexity index is 580. The van der Waals surface area contributed by atoms with Crippen LogP contribution in [0, 0.1) is 17.2 Å². The molecule has 5 nitrogen and oxygen atoms in total. The summed E-state index contributed by atoms with van der Waals surface area (Å²) in [6, 6.07) is 9.58. The monoisotopic (exact) mass is 315 g/mol. The lowest BCUT2D eigenvalue weighted by Gasteiger charge is -2.21. The molecule has 1 aromatic carbocycles. The molecule has 124 valence electrons. The molecule has 23 heavy (non-hydrogen) atoms. The predicted octanol–water partition coefficient (Wildman–Crippen LogP) is 2.17. The van der Waals surface area contributed by atoms with Crippen molar-refractivity contribution >= 4 is 5.91 Å². The van der Waals surface area contributed by atoms with Crippen molar-refractivity contribution < 1.29 is 9.53 Å². The number of nitrogens with zero attached hydrogens (tertiary/aromatic N) is 2. The molecular formula is C18H25N3O2. The van der Waals surface area contributed by atoms with Crippen LogP contribution >= 0.6 is 0 Å². The van der Waals surface area contributed by atoms with Gasteiger partial charge in [-0.1, -0.05) is 12.1 Å². The van der Waals surface area contributed by atoms with Crippen LogP contribution in [0.2, 0.25) is 0 Å². The van der Waals surface area contributed by atoms with Gasteiger partial charge in [0.05, 0.1) is 5.56 Å². The van der Waals surface area contributed by atoms with Crippen LogP contribution in [0.3, 0.4) is 0 Å². The third-order valence-electron chi connectivity index (χ3n) is 4.29. The van der Waals surface area contributed by atoms with Gasteiger partial charge in [-0.05, 0) is 51.8 Å². The largest absolute Gasteiger partial charge is 0.480 e. The second-order valence-corrected chi connectivity index (χ2v) is 6.36. The van der Waals surface area contributed by atoms with E-state index in [0.29, 0.717) is 29.8 Å². The molecule has 0 bridgehead atoms. The molecule has 1 heterocycles. The number of hydrogen-bond acceptors (Lipinski definition) is 4. The molecule has 2 rings (SSSR count). The number of nitrogens with one attached hydrogen (secondary N) is 1. The van der Waals surface area contributed by atoms with Gasteiger partial charge in [-0.15, -0.1) is 0 Å². The fourth-order valence-electron chi connectivity index (χ4n) is 2.79. The lowest BCUT2D eigenvalue weighted by atomic mass is 10.1. The summed E-state index contributed by atoms with van der Waals surface area (Å²) in [5.74, 6) is 0.810. The lowest BCUT2D eigenvalue weighted by molar-refractivity contribution is -0.127. The summed E-state index contributed by atoms with van der Waals surface area (Å²) in [5, 5.41) is 12.0. The van der Waals surface area contributed by atoms with Crippen LogP contribution in [0.1, 0.15) is 32.8 Å². The first-order chi connectivity index (χ1) is 11.0. The summed E-state index contributed by atoms with van der Waals surface area (Å²) in [6.45, 7) is 8.91. The Morgan fingerprint density at radius 1 is 1.43 bits per heavy atom. The molecule has 1 fully saturated rings. The van der Waals surface area contributed by atoms with Crippen LogP contribution in [0.4, 0.5) is 0 Å². The van der Waals surface area contributed by atoms with Gasteiger partial charge in [-0.25, -0.2) is 0 Å². The van der Waals surface area contributed by atoms with Gasteiger partial charge in [-0.3, -0.25) is 4.79 Å². The predicted molar refractivity (Wildman–Crippen MR) is 89.1 cm³/mol. The van der Waals surface area contributed by atoms with Crippen LogP contribution in [-0.4, -0.2) is 42.6 Å². The third-order valence-corrected chi connectivity index (χ3v) is 4.29. The van der Waals surface area contributed by atoms with Gasteiger partial charge in [0.2, 0.25) is 0 Å². The number of likely N-dealkylation sites (tertiary alicyclic amines) is 1. The van der Waals surface area contributed by atoms with Gasteiger partial charge in [0, 0.05) is 19.1 Å². The standard InChI is InChI=1S/C18H25N3O2/c1-13(2)21-9-8-15(12-21)11-20-18(22)14(3)23-17-7-5-4-6-16(17)10-19/h4-7,13-15H,8-9,11-12H2,1-3H3,(H,20,22). The zero-order valence-corrected chi connectivity index (χ0v) is 14.1. The minimum atomic E-state index is -0.618. The maximum Gasteiger partial charge on any atom is 0.260 e. The number of para-hydroxylation sites is 1. The summed E-state index contributed by atoms with van der Waals surface area (Å²) in [5.41, 5.74) is 0.440. The van der Waals surface area contributed by atoms with Crippen molar-refractivity contribution in [1.29, 1.82) is 5.26 Å². The number of hydrogen-bond donors (Lipinski definition) is 1. The van der Waals surface area contributed by atoms with Crippen molar-refractivity contribution in [2.45, 2.75) is 39.3 Å². The van der Waals surface area contributed by atoms with Crippen molar-refractivity contribution in [2.24, 2.45) is 5.92 Å². The van der Waals surface area contributed by atoms with E-state index in [9.17, 15) is 4.79 Å². The van der Waals surface area contributed by atoms with Gasteiger partial charge >= 0.3 is 0 Å². The second kappa shape index (κ2) is 7.98. The minimum Gasteiger partial charge on any atom is -0.480 e.